The molecule has 0 bridgehead atoms. The van der Waals surface area contributed by atoms with Crippen LogP contribution in [-0.2, 0) is 19.1 Å². The number of nitrogens with zero attached hydrogens (tertiary/aromatic N) is 3. The van der Waals surface area contributed by atoms with Crippen molar-refractivity contribution >= 4 is 35.5 Å². The molecule has 0 radical (unpaired) electrons. The van der Waals surface area contributed by atoms with Gasteiger partial charge in [0.15, 0.2) is 0 Å². The Labute approximate surface area is 174 Å². The smallest absolute Gasteiger partial charge is 0.325 e. The largest absolute Gasteiger partial charge is 0.378 e. The van der Waals surface area contributed by atoms with Crippen LogP contribution in [0.15, 0.2) is 0 Å². The number of carbonyl (C=O) groups is 4. The number of hydrogen-bond acceptors (Lipinski definition) is 6. The van der Waals surface area contributed by atoms with Crippen molar-refractivity contribution in [3.63, 3.8) is 0 Å². The van der Waals surface area contributed by atoms with E-state index in [1.165, 1.54) is 4.90 Å². The van der Waals surface area contributed by atoms with Gasteiger partial charge in [0.25, 0.3) is 5.91 Å². The molecule has 1 aliphatic carbocycles. The van der Waals surface area contributed by atoms with Gasteiger partial charge in [0.05, 0.1) is 19.1 Å². The predicted octanol–water partition coefficient (Wildman–Crippen LogP) is 0.392. The summed E-state index contributed by atoms with van der Waals surface area (Å²) in [4.78, 5) is 55.1. The SMILES string of the molecule is O=C([C@H]1CSCN1C(=O)CCCN1C(=O)NC2(CCCC2)C1=O)N1CCOCC1. The number of carbonyl (C=O) groups excluding carboxylic acids is 4. The second-order valence-electron chi connectivity index (χ2n) is 8.10. The molecule has 29 heavy (non-hydrogen) atoms. The number of amides is 5. The van der Waals surface area contributed by atoms with Crippen LogP contribution in [0.5, 0.6) is 0 Å². The number of thioether (sulfide) groups is 1. The first-order valence-corrected chi connectivity index (χ1v) is 11.6. The molecule has 1 saturated carbocycles. The monoisotopic (exact) mass is 424 g/mol. The maximum atomic E-state index is 12.8. The quantitative estimate of drug-likeness (QED) is 0.641. The van der Waals surface area contributed by atoms with Crippen molar-refractivity contribution in [3.8, 4) is 0 Å². The van der Waals surface area contributed by atoms with E-state index in [2.05, 4.69) is 5.32 Å². The highest BCUT2D eigenvalue weighted by Gasteiger charge is 2.52. The van der Waals surface area contributed by atoms with Crippen molar-refractivity contribution in [2.24, 2.45) is 0 Å². The highest BCUT2D eigenvalue weighted by atomic mass is 32.2. The molecule has 1 atom stereocenters. The van der Waals surface area contributed by atoms with Crippen molar-refractivity contribution in [2.45, 2.75) is 50.1 Å². The Bertz CT molecular complexity index is 690. The summed E-state index contributed by atoms with van der Waals surface area (Å²) in [5.41, 5.74) is -0.706. The molecule has 10 heteroatoms. The Balaban J connectivity index is 1.28. The second kappa shape index (κ2) is 8.51. The van der Waals surface area contributed by atoms with Gasteiger partial charge in [-0.05, 0) is 19.3 Å². The van der Waals surface area contributed by atoms with Crippen LogP contribution < -0.4 is 5.32 Å². The van der Waals surface area contributed by atoms with Crippen molar-refractivity contribution < 1.29 is 23.9 Å². The average molecular weight is 425 g/mol. The van der Waals surface area contributed by atoms with Gasteiger partial charge in [0, 0.05) is 31.8 Å². The lowest BCUT2D eigenvalue weighted by molar-refractivity contribution is -0.146. The third-order valence-electron chi connectivity index (χ3n) is 6.29. The number of rotatable bonds is 5. The van der Waals surface area contributed by atoms with Gasteiger partial charge in [0.1, 0.15) is 11.6 Å². The number of imide groups is 1. The number of urea groups is 1. The summed E-state index contributed by atoms with van der Waals surface area (Å²) < 4.78 is 5.30. The van der Waals surface area contributed by atoms with Gasteiger partial charge in [0.2, 0.25) is 11.8 Å². The zero-order valence-corrected chi connectivity index (χ0v) is 17.4. The fourth-order valence-corrected chi connectivity index (χ4v) is 5.79. The molecule has 3 aliphatic heterocycles. The molecule has 5 amide bonds. The topological polar surface area (TPSA) is 99.3 Å². The van der Waals surface area contributed by atoms with Gasteiger partial charge in [-0.25, -0.2) is 4.79 Å². The first kappa shape index (κ1) is 20.5. The minimum absolute atomic E-state index is 0.0103. The summed E-state index contributed by atoms with van der Waals surface area (Å²) >= 11 is 1.58. The van der Waals surface area contributed by atoms with Crippen LogP contribution in [0.25, 0.3) is 0 Å². The van der Waals surface area contributed by atoms with Gasteiger partial charge in [-0.1, -0.05) is 12.8 Å². The van der Waals surface area contributed by atoms with E-state index in [0.717, 1.165) is 12.8 Å². The normalized spacial score (nSPS) is 26.5. The highest BCUT2D eigenvalue weighted by Crippen LogP contribution is 2.35. The molecule has 4 aliphatic rings. The molecule has 3 heterocycles. The van der Waals surface area contributed by atoms with E-state index in [1.807, 2.05) is 0 Å². The Morgan fingerprint density at radius 3 is 2.62 bits per heavy atom. The standard InChI is InChI=1S/C19H28N4O5S/c24-15(23-13-29-12-14(23)16(25)21-8-10-28-11-9-21)4-3-7-22-17(26)19(20-18(22)27)5-1-2-6-19/h14H,1-13H2,(H,20,27)/t14-/m1/s1. The van der Waals surface area contributed by atoms with Crippen LogP contribution in [-0.4, -0.2) is 94.5 Å². The third kappa shape index (κ3) is 3.96. The summed E-state index contributed by atoms with van der Waals surface area (Å²) in [6, 6.07) is -0.773. The van der Waals surface area contributed by atoms with Crippen LogP contribution in [0.4, 0.5) is 4.79 Å². The second-order valence-corrected chi connectivity index (χ2v) is 9.10. The van der Waals surface area contributed by atoms with Gasteiger partial charge >= 0.3 is 6.03 Å². The summed E-state index contributed by atoms with van der Waals surface area (Å²) in [7, 11) is 0. The minimum Gasteiger partial charge on any atom is -0.378 e. The van der Waals surface area contributed by atoms with Crippen molar-refractivity contribution in [1.29, 1.82) is 0 Å². The minimum atomic E-state index is -0.706. The fourth-order valence-electron chi connectivity index (χ4n) is 4.62. The Morgan fingerprint density at radius 1 is 1.17 bits per heavy atom. The van der Waals surface area contributed by atoms with E-state index in [4.69, 9.17) is 4.74 Å². The van der Waals surface area contributed by atoms with Gasteiger partial charge in [-0.15, -0.1) is 11.8 Å². The average Bonchev–Trinajstić information content (AvgIpc) is 3.45. The summed E-state index contributed by atoms with van der Waals surface area (Å²) in [5.74, 6) is 0.862. The lowest BCUT2D eigenvalue weighted by Gasteiger charge is -2.32. The third-order valence-corrected chi connectivity index (χ3v) is 7.30. The van der Waals surface area contributed by atoms with Crippen LogP contribution in [0.1, 0.15) is 38.5 Å². The molecule has 4 fully saturated rings. The van der Waals surface area contributed by atoms with E-state index in [-0.39, 0.29) is 36.7 Å². The Morgan fingerprint density at radius 2 is 1.90 bits per heavy atom. The van der Waals surface area contributed by atoms with Crippen LogP contribution in [0, 0.1) is 0 Å². The van der Waals surface area contributed by atoms with E-state index in [0.29, 0.717) is 57.2 Å². The molecule has 0 aromatic heterocycles. The summed E-state index contributed by atoms with van der Waals surface area (Å²) in [6.45, 7) is 2.44. The van der Waals surface area contributed by atoms with E-state index in [1.54, 1.807) is 21.6 Å². The summed E-state index contributed by atoms with van der Waals surface area (Å²) in [5, 5.41) is 2.86. The van der Waals surface area contributed by atoms with Gasteiger partial charge in [-0.2, -0.15) is 0 Å². The maximum Gasteiger partial charge on any atom is 0.325 e. The number of nitrogens with one attached hydrogen (secondary N) is 1. The van der Waals surface area contributed by atoms with Gasteiger partial charge in [-0.3, -0.25) is 19.3 Å². The molecule has 4 rings (SSSR count). The molecule has 0 aromatic rings. The number of hydrogen-bond donors (Lipinski definition) is 1. The van der Waals surface area contributed by atoms with Crippen LogP contribution in [0.3, 0.4) is 0 Å². The van der Waals surface area contributed by atoms with Gasteiger partial charge < -0.3 is 19.9 Å². The molecule has 0 unspecified atom stereocenters. The zero-order chi connectivity index (χ0) is 20.4. The Hall–Kier alpha value is -1.81. The molecule has 9 nitrogen and oxygen atoms in total. The lowest BCUT2D eigenvalue weighted by Crippen LogP contribution is -2.52. The van der Waals surface area contributed by atoms with Crippen LogP contribution in [0.2, 0.25) is 0 Å². The summed E-state index contributed by atoms with van der Waals surface area (Å²) in [6.07, 6.45) is 3.92. The molecule has 1 N–H and O–H groups in total. The molecule has 3 saturated heterocycles. The molecular formula is C19H28N4O5S. The van der Waals surface area contributed by atoms with E-state index < -0.39 is 11.6 Å². The number of morpholine rings is 1. The maximum absolute atomic E-state index is 12.8. The van der Waals surface area contributed by atoms with Crippen LogP contribution >= 0.6 is 11.8 Å². The predicted molar refractivity (Wildman–Crippen MR) is 106 cm³/mol. The molecule has 1 spiro atoms. The molecular weight excluding hydrogens is 396 g/mol. The first-order chi connectivity index (χ1) is 14.0. The van der Waals surface area contributed by atoms with Crippen molar-refractivity contribution in [2.75, 3.05) is 44.5 Å². The highest BCUT2D eigenvalue weighted by molar-refractivity contribution is 7.99. The molecule has 160 valence electrons. The number of ether oxygens (including phenoxy) is 1. The zero-order valence-electron chi connectivity index (χ0n) is 16.6. The van der Waals surface area contributed by atoms with E-state index >= 15 is 0 Å². The first-order valence-electron chi connectivity index (χ1n) is 10.4. The van der Waals surface area contributed by atoms with Crippen molar-refractivity contribution in [1.82, 2.24) is 20.0 Å². The molecule has 0 aromatic carbocycles. The van der Waals surface area contributed by atoms with Crippen molar-refractivity contribution in [3.05, 3.63) is 0 Å². The van der Waals surface area contributed by atoms with E-state index in [9.17, 15) is 19.2 Å². The Kier molecular flexibility index (Phi) is 6.00. The lowest BCUT2D eigenvalue weighted by atomic mass is 9.98. The fraction of sp³-hybridized carbons (Fsp3) is 0.789.